The molecule has 0 unspecified atom stereocenters. The summed E-state index contributed by atoms with van der Waals surface area (Å²) >= 11 is 0. The average Bonchev–Trinajstić information content (AvgIpc) is 2.50. The Labute approximate surface area is 129 Å². The fraction of sp³-hybridized carbons (Fsp3) is 0.438. The van der Waals surface area contributed by atoms with Crippen LogP contribution >= 0.6 is 0 Å². The van der Waals surface area contributed by atoms with E-state index in [0.29, 0.717) is 5.75 Å². The molecule has 0 N–H and O–H groups in total. The van der Waals surface area contributed by atoms with E-state index in [9.17, 15) is 14.4 Å². The highest BCUT2D eigenvalue weighted by atomic mass is 16.5. The topological polar surface area (TPSA) is 72.9 Å². The number of benzene rings is 1. The van der Waals surface area contributed by atoms with Gasteiger partial charge in [-0.15, -0.1) is 0 Å². The molecule has 1 aromatic carbocycles. The van der Waals surface area contributed by atoms with E-state index in [-0.39, 0.29) is 24.8 Å². The van der Waals surface area contributed by atoms with Gasteiger partial charge in [-0.2, -0.15) is 0 Å². The minimum Gasteiger partial charge on any atom is -0.497 e. The second-order valence-electron chi connectivity index (χ2n) is 5.10. The van der Waals surface area contributed by atoms with Gasteiger partial charge in [-0.25, -0.2) is 4.79 Å². The number of amides is 1. The number of hydrogen-bond acceptors (Lipinski definition) is 5. The Kier molecular flexibility index (Phi) is 4.80. The lowest BCUT2D eigenvalue weighted by molar-refractivity contribution is -0.177. The molecule has 6 heteroatoms. The summed E-state index contributed by atoms with van der Waals surface area (Å²) in [6.45, 7) is 3.48. The molecule has 0 radical (unpaired) electrons. The molecule has 0 bridgehead atoms. The average molecular weight is 305 g/mol. The Hall–Kier alpha value is -2.37. The molecule has 2 atom stereocenters. The zero-order valence-corrected chi connectivity index (χ0v) is 12.9. The van der Waals surface area contributed by atoms with Crippen LogP contribution in [0.25, 0.3) is 0 Å². The second-order valence-corrected chi connectivity index (χ2v) is 5.10. The van der Waals surface area contributed by atoms with E-state index in [0.717, 1.165) is 5.56 Å². The Balaban J connectivity index is 2.15. The van der Waals surface area contributed by atoms with Crippen molar-refractivity contribution in [1.29, 1.82) is 0 Å². The summed E-state index contributed by atoms with van der Waals surface area (Å²) in [6.07, 6.45) is 0. The minimum atomic E-state index is -0.919. The molecule has 22 heavy (non-hydrogen) atoms. The number of rotatable bonds is 6. The molecule has 1 amide bonds. The summed E-state index contributed by atoms with van der Waals surface area (Å²) < 4.78 is 10.1. The summed E-state index contributed by atoms with van der Waals surface area (Å²) in [7, 11) is 1.57. The zero-order valence-electron chi connectivity index (χ0n) is 12.9. The van der Waals surface area contributed by atoms with E-state index < -0.39 is 17.9 Å². The number of Topliss-reactive ketones (excluding diaryl/α,β-unsaturated/α-hetero) is 1. The summed E-state index contributed by atoms with van der Waals surface area (Å²) in [5.74, 6) is -1.38. The maximum absolute atomic E-state index is 12.1. The number of ether oxygens (including phenoxy) is 2. The first-order chi connectivity index (χ1) is 10.5. The van der Waals surface area contributed by atoms with Gasteiger partial charge in [0.2, 0.25) is 5.91 Å². The maximum Gasteiger partial charge on any atom is 0.330 e. The number of hydrogen-bond donors (Lipinski definition) is 0. The summed E-state index contributed by atoms with van der Waals surface area (Å²) in [5.41, 5.74) is 0.852. The lowest BCUT2D eigenvalue weighted by atomic mass is 9.84. The summed E-state index contributed by atoms with van der Waals surface area (Å²) in [5, 5.41) is 0. The van der Waals surface area contributed by atoms with Crippen molar-refractivity contribution in [2.75, 3.05) is 13.7 Å². The standard InChI is InChI=1S/C16H19NO5/c1-4-22-16(20)14-13(10(2)18)15(19)17(14)9-11-5-7-12(21-3)8-6-11/h5-8,13-14H,4,9H2,1-3H3/t13-,14-/m0/s1. The molecular formula is C16H19NO5. The smallest absolute Gasteiger partial charge is 0.330 e. The highest BCUT2D eigenvalue weighted by molar-refractivity contribution is 6.11. The largest absolute Gasteiger partial charge is 0.497 e. The van der Waals surface area contributed by atoms with Gasteiger partial charge in [0.15, 0.2) is 0 Å². The van der Waals surface area contributed by atoms with Crippen LogP contribution in [-0.2, 0) is 25.7 Å². The Bertz CT molecular complexity index is 581. The van der Waals surface area contributed by atoms with Gasteiger partial charge in [0.25, 0.3) is 0 Å². The third kappa shape index (κ3) is 2.95. The van der Waals surface area contributed by atoms with Gasteiger partial charge in [-0.1, -0.05) is 12.1 Å². The van der Waals surface area contributed by atoms with Crippen molar-refractivity contribution >= 4 is 17.7 Å². The van der Waals surface area contributed by atoms with Crippen LogP contribution in [0.1, 0.15) is 19.4 Å². The Morgan fingerprint density at radius 2 is 1.86 bits per heavy atom. The van der Waals surface area contributed by atoms with Gasteiger partial charge in [-0.05, 0) is 31.5 Å². The number of carbonyl (C=O) groups is 3. The molecule has 1 aliphatic heterocycles. The third-order valence-corrected chi connectivity index (χ3v) is 3.68. The van der Waals surface area contributed by atoms with E-state index in [1.807, 2.05) is 12.1 Å². The Morgan fingerprint density at radius 3 is 2.36 bits per heavy atom. The number of likely N-dealkylation sites (tertiary alicyclic amines) is 1. The number of esters is 1. The molecule has 2 rings (SSSR count). The van der Waals surface area contributed by atoms with Crippen LogP contribution in [0.3, 0.4) is 0 Å². The van der Waals surface area contributed by atoms with Crippen LogP contribution in [0.5, 0.6) is 5.75 Å². The molecule has 0 saturated carbocycles. The molecule has 1 saturated heterocycles. The molecule has 6 nitrogen and oxygen atoms in total. The minimum absolute atomic E-state index is 0.213. The number of methoxy groups -OCH3 is 1. The first-order valence-electron chi connectivity index (χ1n) is 7.10. The van der Waals surface area contributed by atoms with Crippen LogP contribution in [0.2, 0.25) is 0 Å². The van der Waals surface area contributed by atoms with Gasteiger partial charge in [0.05, 0.1) is 13.7 Å². The maximum atomic E-state index is 12.1. The van der Waals surface area contributed by atoms with Crippen LogP contribution in [0.15, 0.2) is 24.3 Å². The van der Waals surface area contributed by atoms with Crippen molar-refractivity contribution in [2.24, 2.45) is 5.92 Å². The number of nitrogens with zero attached hydrogens (tertiary/aromatic N) is 1. The molecule has 1 aliphatic rings. The quantitative estimate of drug-likeness (QED) is 0.448. The fourth-order valence-corrected chi connectivity index (χ4v) is 2.54. The van der Waals surface area contributed by atoms with Crippen LogP contribution < -0.4 is 4.74 Å². The normalized spacial score (nSPS) is 20.3. The van der Waals surface area contributed by atoms with Crippen molar-refractivity contribution in [3.63, 3.8) is 0 Å². The molecule has 0 spiro atoms. The fourth-order valence-electron chi connectivity index (χ4n) is 2.54. The summed E-state index contributed by atoms with van der Waals surface area (Å²) in [6, 6.07) is 6.36. The summed E-state index contributed by atoms with van der Waals surface area (Å²) in [4.78, 5) is 37.1. The molecule has 1 fully saturated rings. The molecule has 0 aromatic heterocycles. The van der Waals surface area contributed by atoms with Crippen LogP contribution in [0.4, 0.5) is 0 Å². The van der Waals surface area contributed by atoms with Gasteiger partial charge in [-0.3, -0.25) is 9.59 Å². The van der Waals surface area contributed by atoms with E-state index >= 15 is 0 Å². The van der Waals surface area contributed by atoms with Crippen LogP contribution in [-0.4, -0.2) is 42.3 Å². The zero-order chi connectivity index (χ0) is 16.3. The van der Waals surface area contributed by atoms with Crippen molar-refractivity contribution in [1.82, 2.24) is 4.90 Å². The lowest BCUT2D eigenvalue weighted by Gasteiger charge is -2.44. The van der Waals surface area contributed by atoms with Gasteiger partial charge in [0.1, 0.15) is 23.5 Å². The number of carbonyl (C=O) groups excluding carboxylic acids is 3. The van der Waals surface area contributed by atoms with Gasteiger partial charge >= 0.3 is 5.97 Å². The van der Waals surface area contributed by atoms with E-state index in [2.05, 4.69) is 0 Å². The molecule has 0 aliphatic carbocycles. The van der Waals surface area contributed by atoms with Crippen molar-refractivity contribution < 1.29 is 23.9 Å². The second kappa shape index (κ2) is 6.60. The SMILES string of the molecule is CCOC(=O)[C@@H]1[C@H](C(C)=O)C(=O)N1Cc1ccc(OC)cc1. The number of β-lactam (4-membered cyclic amide) rings is 1. The molecule has 1 aromatic rings. The van der Waals surface area contributed by atoms with Crippen molar-refractivity contribution in [2.45, 2.75) is 26.4 Å². The highest BCUT2D eigenvalue weighted by Gasteiger charge is 2.54. The van der Waals surface area contributed by atoms with E-state index in [1.54, 1.807) is 26.2 Å². The molecule has 118 valence electrons. The lowest BCUT2D eigenvalue weighted by Crippen LogP contribution is -2.66. The Morgan fingerprint density at radius 1 is 1.23 bits per heavy atom. The third-order valence-electron chi connectivity index (χ3n) is 3.68. The first-order valence-corrected chi connectivity index (χ1v) is 7.10. The highest BCUT2D eigenvalue weighted by Crippen LogP contribution is 2.30. The monoisotopic (exact) mass is 305 g/mol. The number of ketones is 1. The first kappa shape index (κ1) is 16.0. The van der Waals surface area contributed by atoms with Crippen molar-refractivity contribution in [3.05, 3.63) is 29.8 Å². The van der Waals surface area contributed by atoms with E-state index in [4.69, 9.17) is 9.47 Å². The predicted octanol–water partition coefficient (Wildman–Crippen LogP) is 1.17. The predicted molar refractivity (Wildman–Crippen MR) is 78.1 cm³/mol. The van der Waals surface area contributed by atoms with Gasteiger partial charge < -0.3 is 14.4 Å². The van der Waals surface area contributed by atoms with Crippen molar-refractivity contribution in [3.8, 4) is 5.75 Å². The van der Waals surface area contributed by atoms with Crippen LogP contribution in [0, 0.1) is 5.92 Å². The molecule has 1 heterocycles. The van der Waals surface area contributed by atoms with Gasteiger partial charge in [0, 0.05) is 6.54 Å². The molecular weight excluding hydrogens is 286 g/mol. The van der Waals surface area contributed by atoms with E-state index in [1.165, 1.54) is 11.8 Å².